The molecule has 0 aromatic rings. The van der Waals surface area contributed by atoms with Crippen molar-refractivity contribution in [3.05, 3.63) is 24.3 Å². The largest absolute Gasteiger partial charge is 0.394 e. The van der Waals surface area contributed by atoms with E-state index in [1.807, 2.05) is 6.08 Å². The molecule has 0 bridgehead atoms. The van der Waals surface area contributed by atoms with Gasteiger partial charge < -0.3 is 20.6 Å². The van der Waals surface area contributed by atoms with Crippen molar-refractivity contribution in [2.75, 3.05) is 6.61 Å². The van der Waals surface area contributed by atoms with Crippen molar-refractivity contribution in [3.63, 3.8) is 0 Å². The summed E-state index contributed by atoms with van der Waals surface area (Å²) < 4.78 is 0. The molecule has 0 aliphatic carbocycles. The molecule has 0 aliphatic rings. The number of hydrogen-bond donors (Lipinski definition) is 4. The smallest absolute Gasteiger partial charge is 0.249 e. The van der Waals surface area contributed by atoms with E-state index in [2.05, 4.69) is 31.3 Å². The van der Waals surface area contributed by atoms with Gasteiger partial charge in [-0.2, -0.15) is 0 Å². The lowest BCUT2D eigenvalue weighted by Gasteiger charge is -2.21. The molecule has 0 spiro atoms. The normalized spacial score (nSPS) is 14.2. The topological polar surface area (TPSA) is 89.8 Å². The third-order valence-electron chi connectivity index (χ3n) is 8.04. The van der Waals surface area contributed by atoms with Gasteiger partial charge in [0.15, 0.2) is 0 Å². The predicted molar refractivity (Wildman–Crippen MR) is 176 cm³/mol. The van der Waals surface area contributed by atoms with Crippen molar-refractivity contribution in [2.45, 2.75) is 193 Å². The van der Waals surface area contributed by atoms with Crippen molar-refractivity contribution >= 4 is 5.91 Å². The highest BCUT2D eigenvalue weighted by Gasteiger charge is 2.22. The highest BCUT2D eigenvalue weighted by molar-refractivity contribution is 5.80. The Balaban J connectivity index is 3.80. The van der Waals surface area contributed by atoms with Gasteiger partial charge in [0.1, 0.15) is 6.10 Å². The van der Waals surface area contributed by atoms with Gasteiger partial charge in [0.05, 0.1) is 18.8 Å². The Labute approximate surface area is 254 Å². The quantitative estimate of drug-likeness (QED) is 0.0487. The van der Waals surface area contributed by atoms with Crippen molar-refractivity contribution in [3.8, 4) is 0 Å². The number of nitrogens with one attached hydrogen (secondary N) is 1. The maximum absolute atomic E-state index is 12.4. The van der Waals surface area contributed by atoms with Crippen molar-refractivity contribution < 1.29 is 20.1 Å². The molecule has 0 heterocycles. The van der Waals surface area contributed by atoms with Crippen LogP contribution in [-0.4, -0.2) is 46.1 Å². The van der Waals surface area contributed by atoms with Crippen LogP contribution in [0.1, 0.15) is 174 Å². The Bertz CT molecular complexity index is 606. The average molecular weight is 580 g/mol. The van der Waals surface area contributed by atoms with Gasteiger partial charge in [-0.25, -0.2) is 0 Å². The molecule has 0 saturated heterocycles. The van der Waals surface area contributed by atoms with E-state index in [1.54, 1.807) is 6.08 Å². The van der Waals surface area contributed by atoms with Gasteiger partial charge in [-0.05, 0) is 32.1 Å². The molecule has 0 aromatic carbocycles. The van der Waals surface area contributed by atoms with E-state index in [9.17, 15) is 20.1 Å². The molecule has 0 rings (SSSR count). The number of aliphatic hydroxyl groups is 3. The molecular weight excluding hydrogens is 510 g/mol. The fourth-order valence-corrected chi connectivity index (χ4v) is 5.20. The first-order valence-corrected chi connectivity index (χ1v) is 17.7. The highest BCUT2D eigenvalue weighted by Crippen LogP contribution is 2.14. The molecule has 0 unspecified atom stereocenters. The maximum atomic E-state index is 12.4. The first-order chi connectivity index (χ1) is 20.1. The third-order valence-corrected chi connectivity index (χ3v) is 8.04. The van der Waals surface area contributed by atoms with Crippen LogP contribution in [0.25, 0.3) is 0 Å². The Morgan fingerprint density at radius 3 is 1.49 bits per heavy atom. The predicted octanol–water partition coefficient (Wildman–Crippen LogP) is 9.09. The number of carbonyl (C=O) groups excluding carboxylic acids is 1. The van der Waals surface area contributed by atoms with Crippen LogP contribution in [0.2, 0.25) is 0 Å². The highest BCUT2D eigenvalue weighted by atomic mass is 16.3. The molecule has 5 heteroatoms. The molecule has 4 N–H and O–H groups in total. The van der Waals surface area contributed by atoms with E-state index in [0.29, 0.717) is 6.42 Å². The lowest BCUT2D eigenvalue weighted by atomic mass is 10.0. The van der Waals surface area contributed by atoms with Crippen molar-refractivity contribution in [1.29, 1.82) is 0 Å². The second-order valence-electron chi connectivity index (χ2n) is 12.1. The maximum Gasteiger partial charge on any atom is 0.249 e. The van der Waals surface area contributed by atoms with Crippen LogP contribution in [0.3, 0.4) is 0 Å². The number of carbonyl (C=O) groups is 1. The van der Waals surface area contributed by atoms with E-state index < -0.39 is 24.2 Å². The van der Waals surface area contributed by atoms with Crippen molar-refractivity contribution in [2.24, 2.45) is 0 Å². The molecule has 1 amide bonds. The van der Waals surface area contributed by atoms with Gasteiger partial charge in [-0.1, -0.05) is 167 Å². The molecular formula is C36H69NO4. The SMILES string of the molecule is CCCCCCCCC/C=C/CC/C=C/[C@@H](O)[C@H](CO)NC(=O)[C@@H](O)CCCCCCCCCCCCCCCC. The van der Waals surface area contributed by atoms with E-state index >= 15 is 0 Å². The van der Waals surface area contributed by atoms with Gasteiger partial charge >= 0.3 is 0 Å². The summed E-state index contributed by atoms with van der Waals surface area (Å²) in [6.07, 6.45) is 36.2. The first kappa shape index (κ1) is 39.8. The van der Waals surface area contributed by atoms with Crippen molar-refractivity contribution in [1.82, 2.24) is 5.32 Å². The number of rotatable bonds is 31. The van der Waals surface area contributed by atoms with Gasteiger partial charge in [0, 0.05) is 0 Å². The molecule has 0 aromatic heterocycles. The molecule has 0 radical (unpaired) electrons. The molecule has 5 nitrogen and oxygen atoms in total. The zero-order valence-electron chi connectivity index (χ0n) is 27.2. The molecule has 0 saturated carbocycles. The number of aliphatic hydroxyl groups excluding tert-OH is 3. The standard InChI is InChI=1S/C36H69NO4/c1-3-5-7-9-11-13-15-17-19-21-23-25-27-29-31-35(40)36(41)37-33(32-38)34(39)30-28-26-24-22-20-18-16-14-12-10-8-6-4-2/h20,22,28,30,33-35,38-40H,3-19,21,23-27,29,31-32H2,1-2H3,(H,37,41)/b22-20+,30-28+/t33-,34+,35-/m0/s1. The Morgan fingerprint density at radius 1 is 0.585 bits per heavy atom. The summed E-state index contributed by atoms with van der Waals surface area (Å²) in [5, 5.41) is 32.8. The van der Waals surface area contributed by atoms with Crippen LogP contribution in [0, 0.1) is 0 Å². The monoisotopic (exact) mass is 580 g/mol. The van der Waals surface area contributed by atoms with E-state index in [1.165, 1.54) is 116 Å². The fourth-order valence-electron chi connectivity index (χ4n) is 5.20. The zero-order valence-corrected chi connectivity index (χ0v) is 27.2. The lowest BCUT2D eigenvalue weighted by Crippen LogP contribution is -2.48. The molecule has 3 atom stereocenters. The van der Waals surface area contributed by atoms with Crippen LogP contribution in [0.5, 0.6) is 0 Å². The van der Waals surface area contributed by atoms with Gasteiger partial charge in [-0.15, -0.1) is 0 Å². The van der Waals surface area contributed by atoms with E-state index in [-0.39, 0.29) is 6.61 Å². The number of allylic oxidation sites excluding steroid dienone is 3. The summed E-state index contributed by atoms with van der Waals surface area (Å²) >= 11 is 0. The van der Waals surface area contributed by atoms with Crippen LogP contribution in [0.15, 0.2) is 24.3 Å². The number of amides is 1. The summed E-state index contributed by atoms with van der Waals surface area (Å²) in [7, 11) is 0. The fraction of sp³-hybridized carbons (Fsp3) is 0.861. The Hall–Kier alpha value is -1.17. The van der Waals surface area contributed by atoms with Crippen LogP contribution in [-0.2, 0) is 4.79 Å². The van der Waals surface area contributed by atoms with Gasteiger partial charge in [-0.3, -0.25) is 4.79 Å². The van der Waals surface area contributed by atoms with Crippen LogP contribution >= 0.6 is 0 Å². The molecule has 0 aliphatic heterocycles. The molecule has 0 fully saturated rings. The minimum Gasteiger partial charge on any atom is -0.394 e. The van der Waals surface area contributed by atoms with E-state index in [4.69, 9.17) is 0 Å². The lowest BCUT2D eigenvalue weighted by molar-refractivity contribution is -0.131. The minimum atomic E-state index is -1.10. The minimum absolute atomic E-state index is 0.374. The van der Waals surface area contributed by atoms with Gasteiger partial charge in [0.25, 0.3) is 0 Å². The Kier molecular flexibility index (Phi) is 30.9. The average Bonchev–Trinajstić information content (AvgIpc) is 2.98. The summed E-state index contributed by atoms with van der Waals surface area (Å²) in [6, 6.07) is -0.808. The third kappa shape index (κ3) is 27.4. The first-order valence-electron chi connectivity index (χ1n) is 17.7. The summed E-state index contributed by atoms with van der Waals surface area (Å²) in [4.78, 5) is 12.4. The van der Waals surface area contributed by atoms with Crippen LogP contribution < -0.4 is 5.32 Å². The molecule has 242 valence electrons. The summed E-state index contributed by atoms with van der Waals surface area (Å²) in [6.45, 7) is 4.14. The second kappa shape index (κ2) is 31.8. The van der Waals surface area contributed by atoms with Crippen LogP contribution in [0.4, 0.5) is 0 Å². The summed E-state index contributed by atoms with van der Waals surface area (Å²) in [5.41, 5.74) is 0. The second-order valence-corrected chi connectivity index (χ2v) is 12.1. The van der Waals surface area contributed by atoms with E-state index in [0.717, 1.165) is 38.5 Å². The molecule has 41 heavy (non-hydrogen) atoms. The zero-order chi connectivity index (χ0) is 30.2. The van der Waals surface area contributed by atoms with Gasteiger partial charge in [0.2, 0.25) is 5.91 Å². The Morgan fingerprint density at radius 2 is 1.00 bits per heavy atom. The number of unbranched alkanes of at least 4 members (excludes halogenated alkanes) is 21. The summed E-state index contributed by atoms with van der Waals surface area (Å²) in [5.74, 6) is -0.514. The number of hydrogen-bond acceptors (Lipinski definition) is 4.